The second kappa shape index (κ2) is 7.89. The van der Waals surface area contributed by atoms with Gasteiger partial charge in [-0.3, -0.25) is 0 Å². The van der Waals surface area contributed by atoms with Crippen molar-refractivity contribution in [2.45, 2.75) is 18.9 Å². The summed E-state index contributed by atoms with van der Waals surface area (Å²) >= 11 is 0. The zero-order chi connectivity index (χ0) is 21.5. The standard InChI is InChI=1S/C24H25F2N3O2/c1-14-17-11-15(25)3-5-19(17)27-13-21(30-2)23-22(24(14)29-7-9-31-10-8-29)18-12-16(26)4-6-20(18)28-23/h3-6,11-13,22-23,27-28H,7-10H2,1-2H3/b21-13-,24-14-. The van der Waals surface area contributed by atoms with Crippen LogP contribution in [0.3, 0.4) is 0 Å². The zero-order valence-electron chi connectivity index (χ0n) is 17.5. The summed E-state index contributed by atoms with van der Waals surface area (Å²) in [4.78, 5) is 2.28. The van der Waals surface area contributed by atoms with Gasteiger partial charge in [-0.05, 0) is 54.5 Å². The van der Waals surface area contributed by atoms with Crippen LogP contribution in [-0.2, 0) is 9.47 Å². The smallest absolute Gasteiger partial charge is 0.135 e. The molecule has 162 valence electrons. The topological polar surface area (TPSA) is 45.8 Å². The molecular weight excluding hydrogens is 400 g/mol. The summed E-state index contributed by atoms with van der Waals surface area (Å²) in [6.07, 6.45) is 1.80. The lowest BCUT2D eigenvalue weighted by molar-refractivity contribution is 0.0506. The van der Waals surface area contributed by atoms with E-state index in [0.29, 0.717) is 32.1 Å². The van der Waals surface area contributed by atoms with E-state index in [4.69, 9.17) is 9.47 Å². The van der Waals surface area contributed by atoms with E-state index in [0.717, 1.165) is 33.8 Å². The van der Waals surface area contributed by atoms with Crippen LogP contribution in [0.1, 0.15) is 24.0 Å². The van der Waals surface area contributed by atoms with Crippen LogP contribution < -0.4 is 10.6 Å². The summed E-state index contributed by atoms with van der Waals surface area (Å²) in [7, 11) is 1.63. The molecular formula is C24H25F2N3O2. The van der Waals surface area contributed by atoms with E-state index in [1.165, 1.54) is 12.1 Å². The molecule has 0 amide bonds. The molecule has 1 fully saturated rings. The van der Waals surface area contributed by atoms with Gasteiger partial charge in [0.25, 0.3) is 0 Å². The van der Waals surface area contributed by atoms with Crippen LogP contribution >= 0.6 is 0 Å². The van der Waals surface area contributed by atoms with E-state index in [2.05, 4.69) is 15.5 Å². The molecule has 0 spiro atoms. The van der Waals surface area contributed by atoms with Crippen molar-refractivity contribution in [2.75, 3.05) is 44.0 Å². The molecule has 0 aromatic heterocycles. The van der Waals surface area contributed by atoms with Crippen LogP contribution in [0, 0.1) is 11.6 Å². The van der Waals surface area contributed by atoms with Crippen LogP contribution in [0.4, 0.5) is 20.2 Å². The Kier molecular flexibility index (Phi) is 5.06. The largest absolute Gasteiger partial charge is 0.497 e. The summed E-state index contributed by atoms with van der Waals surface area (Å²) < 4.78 is 40.0. The quantitative estimate of drug-likeness (QED) is 0.741. The highest BCUT2D eigenvalue weighted by atomic mass is 19.1. The van der Waals surface area contributed by atoms with Gasteiger partial charge in [0.2, 0.25) is 0 Å². The highest BCUT2D eigenvalue weighted by molar-refractivity contribution is 5.80. The number of ether oxygens (including phenoxy) is 2. The summed E-state index contributed by atoms with van der Waals surface area (Å²) in [5.41, 5.74) is 5.29. The highest BCUT2D eigenvalue weighted by Gasteiger charge is 2.41. The van der Waals surface area contributed by atoms with Crippen molar-refractivity contribution >= 4 is 16.9 Å². The van der Waals surface area contributed by atoms with Crippen LogP contribution in [0.15, 0.2) is 54.1 Å². The predicted molar refractivity (Wildman–Crippen MR) is 117 cm³/mol. The van der Waals surface area contributed by atoms with Gasteiger partial charge in [-0.25, -0.2) is 8.78 Å². The summed E-state index contributed by atoms with van der Waals surface area (Å²) in [5, 5.41) is 6.81. The first-order valence-electron chi connectivity index (χ1n) is 10.5. The second-order valence-corrected chi connectivity index (χ2v) is 8.03. The molecule has 0 aliphatic carbocycles. The van der Waals surface area contributed by atoms with Gasteiger partial charge in [0.1, 0.15) is 17.4 Å². The van der Waals surface area contributed by atoms with E-state index < -0.39 is 0 Å². The molecule has 3 aliphatic rings. The molecule has 2 aromatic carbocycles. The van der Waals surface area contributed by atoms with Gasteiger partial charge in [-0.1, -0.05) is 0 Å². The SMILES string of the molecule is CO/C1=C\Nc2ccc(F)cc2/C(C)=C(\N2CCOCC2)C2c3cc(F)ccc3NC12. The fourth-order valence-corrected chi connectivity index (χ4v) is 4.88. The fourth-order valence-electron chi connectivity index (χ4n) is 4.88. The highest BCUT2D eigenvalue weighted by Crippen LogP contribution is 2.48. The monoisotopic (exact) mass is 425 g/mol. The fraction of sp³-hybridized carbons (Fsp3) is 0.333. The maximum absolute atomic E-state index is 14.3. The number of fused-ring (bicyclic) bond motifs is 4. The zero-order valence-corrected chi connectivity index (χ0v) is 17.5. The summed E-state index contributed by atoms with van der Waals surface area (Å²) in [5.74, 6) is -0.0973. The second-order valence-electron chi connectivity index (χ2n) is 8.03. The summed E-state index contributed by atoms with van der Waals surface area (Å²) in [6, 6.07) is 9.30. The number of nitrogens with one attached hydrogen (secondary N) is 2. The van der Waals surface area contributed by atoms with Crippen LogP contribution in [0.2, 0.25) is 0 Å². The summed E-state index contributed by atoms with van der Waals surface area (Å²) in [6.45, 7) is 4.66. The van der Waals surface area contributed by atoms with Crippen molar-refractivity contribution in [3.63, 3.8) is 0 Å². The molecule has 0 saturated carbocycles. The maximum Gasteiger partial charge on any atom is 0.135 e. The Bertz CT molecular complexity index is 1080. The molecule has 0 bridgehead atoms. The molecule has 31 heavy (non-hydrogen) atoms. The normalized spacial score (nSPS) is 26.7. The Labute approximate surface area is 180 Å². The first-order valence-corrected chi connectivity index (χ1v) is 10.5. The third-order valence-corrected chi connectivity index (χ3v) is 6.32. The molecule has 5 rings (SSSR count). The Balaban J connectivity index is 1.79. The van der Waals surface area contributed by atoms with Gasteiger partial charge < -0.3 is 25.0 Å². The minimum absolute atomic E-state index is 0.203. The van der Waals surface area contributed by atoms with Crippen molar-refractivity contribution < 1.29 is 18.3 Å². The lowest BCUT2D eigenvalue weighted by Crippen LogP contribution is -2.40. The average Bonchev–Trinajstić information content (AvgIpc) is 3.15. The molecule has 2 aromatic rings. The van der Waals surface area contributed by atoms with Crippen LogP contribution in [0.25, 0.3) is 5.57 Å². The Hall–Kier alpha value is -3.06. The Morgan fingerprint density at radius 3 is 2.48 bits per heavy atom. The molecule has 3 aliphatic heterocycles. The lowest BCUT2D eigenvalue weighted by Gasteiger charge is -2.37. The van der Waals surface area contributed by atoms with Crippen LogP contribution in [0.5, 0.6) is 0 Å². The molecule has 5 nitrogen and oxygen atoms in total. The number of hydrogen-bond acceptors (Lipinski definition) is 5. The van der Waals surface area contributed by atoms with Crippen molar-refractivity contribution in [1.29, 1.82) is 0 Å². The number of nitrogens with zero attached hydrogens (tertiary/aromatic N) is 1. The molecule has 0 radical (unpaired) electrons. The minimum atomic E-state index is -0.302. The average molecular weight is 425 g/mol. The molecule has 2 unspecified atom stereocenters. The van der Waals surface area contributed by atoms with E-state index in [1.54, 1.807) is 37.6 Å². The number of rotatable bonds is 2. The van der Waals surface area contributed by atoms with Gasteiger partial charge >= 0.3 is 0 Å². The third-order valence-electron chi connectivity index (χ3n) is 6.32. The van der Waals surface area contributed by atoms with E-state index in [1.807, 2.05) is 6.92 Å². The van der Waals surface area contributed by atoms with Gasteiger partial charge in [-0.15, -0.1) is 0 Å². The number of hydrogen-bond donors (Lipinski definition) is 2. The number of benzene rings is 2. The van der Waals surface area contributed by atoms with E-state index in [9.17, 15) is 8.78 Å². The van der Waals surface area contributed by atoms with Gasteiger partial charge in [0.05, 0.1) is 32.3 Å². The Morgan fingerprint density at radius 1 is 1.03 bits per heavy atom. The molecule has 7 heteroatoms. The minimum Gasteiger partial charge on any atom is -0.497 e. The van der Waals surface area contributed by atoms with E-state index >= 15 is 0 Å². The number of anilines is 2. The number of methoxy groups -OCH3 is 1. The number of halogens is 2. The molecule has 3 heterocycles. The van der Waals surface area contributed by atoms with E-state index in [-0.39, 0.29) is 23.6 Å². The maximum atomic E-state index is 14.3. The molecule has 2 N–H and O–H groups in total. The number of allylic oxidation sites excluding steroid dienone is 1. The van der Waals surface area contributed by atoms with Gasteiger partial charge in [0.15, 0.2) is 0 Å². The molecule has 2 atom stereocenters. The Morgan fingerprint density at radius 2 is 1.74 bits per heavy atom. The number of morpholine rings is 1. The lowest BCUT2D eigenvalue weighted by atomic mass is 9.85. The predicted octanol–water partition coefficient (Wildman–Crippen LogP) is 4.52. The van der Waals surface area contributed by atoms with Crippen molar-refractivity contribution in [3.8, 4) is 0 Å². The first kappa shape index (κ1) is 19.9. The van der Waals surface area contributed by atoms with Crippen molar-refractivity contribution in [2.24, 2.45) is 0 Å². The van der Waals surface area contributed by atoms with Crippen molar-refractivity contribution in [1.82, 2.24) is 4.90 Å². The first-order chi connectivity index (χ1) is 15.1. The van der Waals surface area contributed by atoms with Crippen molar-refractivity contribution in [3.05, 3.63) is 76.8 Å². The molecule has 1 saturated heterocycles. The third kappa shape index (κ3) is 3.43. The van der Waals surface area contributed by atoms with Gasteiger partial charge in [-0.2, -0.15) is 0 Å². The van der Waals surface area contributed by atoms with Crippen LogP contribution in [-0.4, -0.2) is 44.4 Å². The van der Waals surface area contributed by atoms with Gasteiger partial charge in [0, 0.05) is 41.9 Å².